The van der Waals surface area contributed by atoms with Gasteiger partial charge in [-0.15, -0.1) is 0 Å². The van der Waals surface area contributed by atoms with Gasteiger partial charge in [0.25, 0.3) is 5.91 Å². The summed E-state index contributed by atoms with van der Waals surface area (Å²) in [4.78, 5) is 56.4. The van der Waals surface area contributed by atoms with Gasteiger partial charge < -0.3 is 19.5 Å². The fourth-order valence-electron chi connectivity index (χ4n) is 6.48. The molecule has 10 heteroatoms. The van der Waals surface area contributed by atoms with Crippen molar-refractivity contribution in [1.82, 2.24) is 15.1 Å². The average molecular weight is 661 g/mol. The fraction of sp³-hybridized carbons (Fsp3) is 0.333. The van der Waals surface area contributed by atoms with Crippen LogP contribution in [0.4, 0.5) is 0 Å². The number of nitrogens with one attached hydrogen (secondary N) is 1. The van der Waals surface area contributed by atoms with Crippen LogP contribution in [0, 0.1) is 0 Å². The van der Waals surface area contributed by atoms with E-state index in [2.05, 4.69) is 17.4 Å². The van der Waals surface area contributed by atoms with Crippen LogP contribution in [-0.4, -0.2) is 53.2 Å². The normalized spacial score (nSPS) is 16.4. The summed E-state index contributed by atoms with van der Waals surface area (Å²) in [6, 6.07) is 20.4. The Morgan fingerprint density at radius 1 is 0.913 bits per heavy atom. The van der Waals surface area contributed by atoms with Crippen molar-refractivity contribution in [3.63, 3.8) is 0 Å². The Morgan fingerprint density at radius 2 is 1.67 bits per heavy atom. The monoisotopic (exact) mass is 659 g/mol. The molecule has 1 atom stereocenters. The van der Waals surface area contributed by atoms with Crippen molar-refractivity contribution < 1.29 is 18.8 Å². The van der Waals surface area contributed by atoms with Gasteiger partial charge >= 0.3 is 0 Å². The van der Waals surface area contributed by atoms with Gasteiger partial charge in [-0.2, -0.15) is 0 Å². The molecule has 46 heavy (non-hydrogen) atoms. The van der Waals surface area contributed by atoms with Crippen molar-refractivity contribution in [2.75, 3.05) is 19.6 Å². The number of hydrogen-bond acceptors (Lipinski definition) is 5. The van der Waals surface area contributed by atoms with Crippen LogP contribution >= 0.6 is 23.2 Å². The maximum atomic E-state index is 14.0. The number of likely N-dealkylation sites (tertiary alicyclic amines) is 2. The Balaban J connectivity index is 1.18. The van der Waals surface area contributed by atoms with Gasteiger partial charge in [0.2, 0.25) is 11.8 Å². The quantitative estimate of drug-likeness (QED) is 0.237. The van der Waals surface area contributed by atoms with E-state index in [1.807, 2.05) is 29.2 Å². The first-order chi connectivity index (χ1) is 22.3. The number of benzene rings is 3. The van der Waals surface area contributed by atoms with Crippen molar-refractivity contribution in [2.45, 2.75) is 57.0 Å². The summed E-state index contributed by atoms with van der Waals surface area (Å²) in [5.41, 5.74) is 2.93. The lowest BCUT2D eigenvalue weighted by Crippen LogP contribution is -2.51. The highest BCUT2D eigenvalue weighted by atomic mass is 35.5. The molecule has 0 bridgehead atoms. The lowest BCUT2D eigenvalue weighted by molar-refractivity contribution is -0.135. The number of rotatable bonds is 8. The number of fused-ring (bicyclic) bond motifs is 1. The number of nitrogens with zero attached hydrogens (tertiary/aromatic N) is 2. The smallest absolute Gasteiger partial charge is 0.287 e. The maximum Gasteiger partial charge on any atom is 0.287 e. The van der Waals surface area contributed by atoms with Crippen LogP contribution in [-0.2, 0) is 22.6 Å². The first-order valence-corrected chi connectivity index (χ1v) is 16.4. The highest BCUT2D eigenvalue weighted by molar-refractivity contribution is 6.34. The molecule has 238 valence electrons. The molecule has 0 aliphatic carbocycles. The summed E-state index contributed by atoms with van der Waals surface area (Å²) in [7, 11) is 0. The molecule has 2 fully saturated rings. The summed E-state index contributed by atoms with van der Waals surface area (Å²) >= 11 is 12.3. The third kappa shape index (κ3) is 7.13. The minimum absolute atomic E-state index is 0.120. The van der Waals surface area contributed by atoms with Gasteiger partial charge in [-0.1, -0.05) is 65.7 Å². The standard InChI is InChI=1S/C36H35Cl2N3O5/c37-26-13-11-23(12-14-26)20-30(39-35(44)32-21-31(42)28-8-5-9-29(38)34(28)46-32)36(45)40-18-15-24(16-19-40)27-7-2-1-6-25(27)22-41-17-4-3-10-33(41)43/h1-2,5-9,11-14,21,24,30H,3-4,10,15-20,22H2,(H,39,44)/t30-/m0/s1. The minimum Gasteiger partial charge on any atom is -0.449 e. The molecule has 3 heterocycles. The molecule has 0 saturated carbocycles. The first-order valence-electron chi connectivity index (χ1n) is 15.7. The second-order valence-corrected chi connectivity index (χ2v) is 12.9. The molecule has 1 aromatic heterocycles. The van der Waals surface area contributed by atoms with Crippen molar-refractivity contribution in [1.29, 1.82) is 0 Å². The van der Waals surface area contributed by atoms with Crippen LogP contribution in [0.1, 0.15) is 65.3 Å². The Morgan fingerprint density at radius 3 is 2.43 bits per heavy atom. The van der Waals surface area contributed by atoms with Gasteiger partial charge in [0.1, 0.15) is 6.04 Å². The molecule has 6 rings (SSSR count). The van der Waals surface area contributed by atoms with Crippen LogP contribution < -0.4 is 10.7 Å². The zero-order valence-corrected chi connectivity index (χ0v) is 26.9. The lowest BCUT2D eigenvalue weighted by atomic mass is 9.86. The summed E-state index contributed by atoms with van der Waals surface area (Å²) in [5.74, 6) is -0.651. The molecule has 2 aliphatic heterocycles. The summed E-state index contributed by atoms with van der Waals surface area (Å²) in [6.07, 6.45) is 4.34. The van der Waals surface area contributed by atoms with Crippen molar-refractivity contribution in [3.05, 3.63) is 116 Å². The van der Waals surface area contributed by atoms with Crippen LogP contribution in [0.2, 0.25) is 10.0 Å². The molecule has 2 saturated heterocycles. The summed E-state index contributed by atoms with van der Waals surface area (Å²) in [6.45, 7) is 2.44. The Labute approximate surface area is 277 Å². The number of para-hydroxylation sites is 1. The SMILES string of the molecule is O=C(N[C@@H](Cc1ccc(Cl)cc1)C(=O)N1CCC(c2ccccc2CN2CCCCC2=O)CC1)c1cc(=O)c2cccc(Cl)c2o1. The molecule has 4 aromatic rings. The van der Waals surface area contributed by atoms with E-state index in [0.29, 0.717) is 31.1 Å². The van der Waals surface area contributed by atoms with Crippen molar-refractivity contribution in [2.24, 2.45) is 0 Å². The van der Waals surface area contributed by atoms with Gasteiger partial charge in [0.15, 0.2) is 16.8 Å². The Hall–Kier alpha value is -4.14. The summed E-state index contributed by atoms with van der Waals surface area (Å²) in [5, 5.41) is 3.88. The van der Waals surface area contributed by atoms with Crippen LogP contribution in [0.5, 0.6) is 0 Å². The molecule has 0 spiro atoms. The zero-order valence-electron chi connectivity index (χ0n) is 25.3. The maximum absolute atomic E-state index is 14.0. The molecule has 3 aromatic carbocycles. The number of carbonyl (C=O) groups excluding carboxylic acids is 3. The van der Waals surface area contributed by atoms with E-state index in [9.17, 15) is 19.2 Å². The third-order valence-electron chi connectivity index (χ3n) is 8.97. The van der Waals surface area contributed by atoms with Gasteiger partial charge in [-0.25, -0.2) is 0 Å². The van der Waals surface area contributed by atoms with Crippen LogP contribution in [0.15, 0.2) is 82.0 Å². The van der Waals surface area contributed by atoms with E-state index in [1.54, 1.807) is 35.2 Å². The topological polar surface area (TPSA) is 99.9 Å². The third-order valence-corrected chi connectivity index (χ3v) is 9.52. The first kappa shape index (κ1) is 31.8. The highest BCUT2D eigenvalue weighted by Gasteiger charge is 2.32. The predicted molar refractivity (Wildman–Crippen MR) is 178 cm³/mol. The highest BCUT2D eigenvalue weighted by Crippen LogP contribution is 2.32. The molecule has 1 N–H and O–H groups in total. The van der Waals surface area contributed by atoms with Gasteiger partial charge in [-0.05, 0) is 72.6 Å². The largest absolute Gasteiger partial charge is 0.449 e. The van der Waals surface area contributed by atoms with Gasteiger partial charge in [0.05, 0.1) is 10.4 Å². The molecule has 0 unspecified atom stereocenters. The second kappa shape index (κ2) is 14.1. The number of halogens is 2. The zero-order chi connectivity index (χ0) is 32.2. The van der Waals surface area contributed by atoms with E-state index in [-0.39, 0.29) is 45.9 Å². The minimum atomic E-state index is -0.908. The number of carbonyl (C=O) groups is 3. The van der Waals surface area contributed by atoms with E-state index in [0.717, 1.165) is 49.4 Å². The molecule has 0 radical (unpaired) electrons. The lowest BCUT2D eigenvalue weighted by Gasteiger charge is -2.36. The van der Waals surface area contributed by atoms with Crippen LogP contribution in [0.25, 0.3) is 11.0 Å². The van der Waals surface area contributed by atoms with E-state index in [1.165, 1.54) is 5.56 Å². The molecule has 2 aliphatic rings. The fourth-order valence-corrected chi connectivity index (χ4v) is 6.82. The Kier molecular flexibility index (Phi) is 9.75. The predicted octanol–water partition coefficient (Wildman–Crippen LogP) is 6.36. The second-order valence-electron chi connectivity index (χ2n) is 12.0. The van der Waals surface area contributed by atoms with Gasteiger partial charge in [-0.3, -0.25) is 19.2 Å². The van der Waals surface area contributed by atoms with Crippen molar-refractivity contribution >= 4 is 51.9 Å². The Bertz CT molecular complexity index is 1810. The molecular weight excluding hydrogens is 625 g/mol. The van der Waals surface area contributed by atoms with Gasteiger partial charge in [0, 0.05) is 50.1 Å². The van der Waals surface area contributed by atoms with E-state index >= 15 is 0 Å². The molecule has 8 nitrogen and oxygen atoms in total. The van der Waals surface area contributed by atoms with Crippen LogP contribution in [0.3, 0.4) is 0 Å². The average Bonchev–Trinajstić information content (AvgIpc) is 3.07. The number of piperidine rings is 2. The number of hydrogen-bond donors (Lipinski definition) is 1. The van der Waals surface area contributed by atoms with Crippen molar-refractivity contribution in [3.8, 4) is 0 Å². The molecule has 3 amide bonds. The summed E-state index contributed by atoms with van der Waals surface area (Å²) < 4.78 is 5.75. The number of amides is 3. The van der Waals surface area contributed by atoms with E-state index in [4.69, 9.17) is 27.6 Å². The van der Waals surface area contributed by atoms with E-state index < -0.39 is 17.4 Å². The molecular formula is C36H35Cl2N3O5.